The lowest BCUT2D eigenvalue weighted by molar-refractivity contribution is -0.136. The summed E-state index contributed by atoms with van der Waals surface area (Å²) in [5.74, 6) is -0.787. The number of amides is 1. The van der Waals surface area contributed by atoms with Gasteiger partial charge in [-0.1, -0.05) is 18.2 Å². The topological polar surface area (TPSA) is 66.8 Å². The monoisotopic (exact) mass is 333 g/mol. The van der Waals surface area contributed by atoms with Gasteiger partial charge in [0, 0.05) is 12.5 Å². The van der Waals surface area contributed by atoms with Gasteiger partial charge < -0.3 is 9.84 Å². The standard InChI is InChI=1S/C19H27NO4/c1-12-10-15-11-14(7-9-17(21)22)6-8-16(15)13(2)20(12)18(23)24-19(3,4)5/h6,8,11-13H,7,9-10H2,1-5H3,(H,21,22). The van der Waals surface area contributed by atoms with Gasteiger partial charge in [-0.15, -0.1) is 0 Å². The lowest BCUT2D eigenvalue weighted by Gasteiger charge is -2.41. The van der Waals surface area contributed by atoms with Crippen LogP contribution < -0.4 is 0 Å². The Bertz CT molecular complexity index is 633. The smallest absolute Gasteiger partial charge is 0.411 e. The van der Waals surface area contributed by atoms with Crippen LogP contribution >= 0.6 is 0 Å². The molecule has 5 heteroatoms. The Labute approximate surface area is 143 Å². The molecule has 0 saturated carbocycles. The third-order valence-electron chi connectivity index (χ3n) is 4.30. The number of aryl methyl sites for hydroxylation is 1. The van der Waals surface area contributed by atoms with Gasteiger partial charge in [0.1, 0.15) is 5.60 Å². The van der Waals surface area contributed by atoms with Crippen LogP contribution in [-0.4, -0.2) is 33.7 Å². The molecule has 0 saturated heterocycles. The number of carboxylic acids is 1. The van der Waals surface area contributed by atoms with Gasteiger partial charge in [0.2, 0.25) is 0 Å². The molecule has 2 atom stereocenters. The van der Waals surface area contributed by atoms with Crippen molar-refractivity contribution in [2.24, 2.45) is 0 Å². The second-order valence-corrected chi connectivity index (χ2v) is 7.54. The predicted molar refractivity (Wildman–Crippen MR) is 92.1 cm³/mol. The molecule has 24 heavy (non-hydrogen) atoms. The second-order valence-electron chi connectivity index (χ2n) is 7.54. The van der Waals surface area contributed by atoms with Crippen LogP contribution in [0.1, 0.15) is 63.8 Å². The molecule has 1 heterocycles. The second kappa shape index (κ2) is 6.83. The number of rotatable bonds is 3. The Kier molecular flexibility index (Phi) is 5.21. The molecule has 1 aromatic carbocycles. The lowest BCUT2D eigenvalue weighted by atomic mass is 9.88. The Morgan fingerprint density at radius 3 is 2.54 bits per heavy atom. The van der Waals surface area contributed by atoms with Crippen LogP contribution in [-0.2, 0) is 22.4 Å². The fraction of sp³-hybridized carbons (Fsp3) is 0.579. The van der Waals surface area contributed by atoms with Gasteiger partial charge in [-0.3, -0.25) is 9.69 Å². The number of carbonyl (C=O) groups excluding carboxylic acids is 1. The van der Waals surface area contributed by atoms with Crippen molar-refractivity contribution in [2.45, 2.75) is 71.6 Å². The summed E-state index contributed by atoms with van der Waals surface area (Å²) in [4.78, 5) is 25.1. The number of fused-ring (bicyclic) bond motifs is 1. The first-order chi connectivity index (χ1) is 11.1. The highest BCUT2D eigenvalue weighted by Crippen LogP contribution is 2.34. The molecule has 0 bridgehead atoms. The van der Waals surface area contributed by atoms with E-state index in [1.54, 1.807) is 4.90 Å². The van der Waals surface area contributed by atoms with Crippen LogP contribution in [0.4, 0.5) is 4.79 Å². The first-order valence-corrected chi connectivity index (χ1v) is 8.43. The average Bonchev–Trinajstić information content (AvgIpc) is 2.42. The van der Waals surface area contributed by atoms with E-state index in [1.807, 2.05) is 46.8 Å². The number of hydrogen-bond acceptors (Lipinski definition) is 3. The molecule has 0 aromatic heterocycles. The summed E-state index contributed by atoms with van der Waals surface area (Å²) in [6.07, 6.45) is 1.12. The summed E-state index contributed by atoms with van der Waals surface area (Å²) in [5, 5.41) is 8.83. The third kappa shape index (κ3) is 4.28. The Hall–Kier alpha value is -2.04. The molecule has 1 aliphatic rings. The number of hydrogen-bond donors (Lipinski definition) is 1. The Morgan fingerprint density at radius 2 is 1.96 bits per heavy atom. The molecule has 0 radical (unpaired) electrons. The molecular formula is C19H27NO4. The highest BCUT2D eigenvalue weighted by molar-refractivity contribution is 5.70. The minimum Gasteiger partial charge on any atom is -0.481 e. The number of carbonyl (C=O) groups is 2. The van der Waals surface area contributed by atoms with Gasteiger partial charge in [-0.05, 0) is 64.2 Å². The largest absolute Gasteiger partial charge is 0.481 e. The van der Waals surface area contributed by atoms with Crippen molar-refractivity contribution in [1.82, 2.24) is 4.90 Å². The molecule has 2 unspecified atom stereocenters. The molecule has 1 amide bonds. The molecule has 132 valence electrons. The van der Waals surface area contributed by atoms with E-state index in [1.165, 1.54) is 5.56 Å². The van der Waals surface area contributed by atoms with Crippen LogP contribution in [0.15, 0.2) is 18.2 Å². The molecule has 1 aromatic rings. The number of benzene rings is 1. The molecule has 1 N–H and O–H groups in total. The highest BCUT2D eigenvalue weighted by atomic mass is 16.6. The lowest BCUT2D eigenvalue weighted by Crippen LogP contribution is -2.47. The van der Waals surface area contributed by atoms with E-state index in [9.17, 15) is 9.59 Å². The van der Waals surface area contributed by atoms with E-state index in [0.717, 1.165) is 17.5 Å². The zero-order chi connectivity index (χ0) is 18.1. The van der Waals surface area contributed by atoms with Crippen LogP contribution in [0.5, 0.6) is 0 Å². The van der Waals surface area contributed by atoms with Crippen LogP contribution in [0.3, 0.4) is 0 Å². The predicted octanol–water partition coefficient (Wildman–Crippen LogP) is 3.95. The SMILES string of the molecule is CC1Cc2cc(CCC(=O)O)ccc2C(C)N1C(=O)OC(C)(C)C. The zero-order valence-corrected chi connectivity index (χ0v) is 15.1. The van der Waals surface area contributed by atoms with Gasteiger partial charge in [0.15, 0.2) is 0 Å². The third-order valence-corrected chi connectivity index (χ3v) is 4.30. The number of carboxylic acid groups (broad SMARTS) is 1. The van der Waals surface area contributed by atoms with Crippen molar-refractivity contribution in [3.05, 3.63) is 34.9 Å². The molecule has 0 aliphatic carbocycles. The van der Waals surface area contributed by atoms with Crippen molar-refractivity contribution in [2.75, 3.05) is 0 Å². The maximum Gasteiger partial charge on any atom is 0.411 e. The molecule has 5 nitrogen and oxygen atoms in total. The Morgan fingerprint density at radius 1 is 1.29 bits per heavy atom. The number of nitrogens with zero attached hydrogens (tertiary/aromatic N) is 1. The molecule has 0 fully saturated rings. The van der Waals surface area contributed by atoms with Gasteiger partial charge >= 0.3 is 12.1 Å². The first-order valence-electron chi connectivity index (χ1n) is 8.43. The highest BCUT2D eigenvalue weighted by Gasteiger charge is 2.35. The van der Waals surface area contributed by atoms with E-state index in [0.29, 0.717) is 6.42 Å². The van der Waals surface area contributed by atoms with E-state index >= 15 is 0 Å². The first kappa shape index (κ1) is 18.3. The van der Waals surface area contributed by atoms with E-state index < -0.39 is 11.6 Å². The van der Waals surface area contributed by atoms with Crippen LogP contribution in [0.2, 0.25) is 0 Å². The summed E-state index contributed by atoms with van der Waals surface area (Å²) < 4.78 is 5.54. The van der Waals surface area contributed by atoms with Gasteiger partial charge in [-0.25, -0.2) is 4.79 Å². The maximum atomic E-state index is 12.5. The minimum atomic E-state index is -0.787. The fourth-order valence-electron chi connectivity index (χ4n) is 3.25. The van der Waals surface area contributed by atoms with Gasteiger partial charge in [0.25, 0.3) is 0 Å². The summed E-state index contributed by atoms with van der Waals surface area (Å²) in [6, 6.07) is 6.03. The van der Waals surface area contributed by atoms with Gasteiger partial charge in [-0.2, -0.15) is 0 Å². The Balaban J connectivity index is 2.21. The van der Waals surface area contributed by atoms with Crippen molar-refractivity contribution < 1.29 is 19.4 Å². The van der Waals surface area contributed by atoms with Crippen molar-refractivity contribution in [3.63, 3.8) is 0 Å². The molecular weight excluding hydrogens is 306 g/mol. The van der Waals surface area contributed by atoms with E-state index in [4.69, 9.17) is 9.84 Å². The summed E-state index contributed by atoms with van der Waals surface area (Å²) in [6.45, 7) is 9.63. The number of ether oxygens (including phenoxy) is 1. The van der Waals surface area contributed by atoms with E-state index in [2.05, 4.69) is 6.07 Å². The zero-order valence-electron chi connectivity index (χ0n) is 15.1. The average molecular weight is 333 g/mol. The number of aliphatic carboxylic acids is 1. The minimum absolute atomic E-state index is 0.0390. The fourth-order valence-corrected chi connectivity index (χ4v) is 3.25. The summed E-state index contributed by atoms with van der Waals surface area (Å²) in [5.41, 5.74) is 2.81. The molecule has 2 rings (SSSR count). The quantitative estimate of drug-likeness (QED) is 0.909. The van der Waals surface area contributed by atoms with Crippen molar-refractivity contribution >= 4 is 12.1 Å². The summed E-state index contributed by atoms with van der Waals surface area (Å²) in [7, 11) is 0. The van der Waals surface area contributed by atoms with Crippen molar-refractivity contribution in [1.29, 1.82) is 0 Å². The summed E-state index contributed by atoms with van der Waals surface area (Å²) >= 11 is 0. The normalized spacial score (nSPS) is 20.5. The maximum absolute atomic E-state index is 12.5. The van der Waals surface area contributed by atoms with Gasteiger partial charge in [0.05, 0.1) is 6.04 Å². The van der Waals surface area contributed by atoms with Crippen LogP contribution in [0.25, 0.3) is 0 Å². The van der Waals surface area contributed by atoms with Crippen molar-refractivity contribution in [3.8, 4) is 0 Å². The molecule has 0 spiro atoms. The molecule has 1 aliphatic heterocycles. The van der Waals surface area contributed by atoms with Crippen LogP contribution in [0, 0.1) is 0 Å². The van der Waals surface area contributed by atoms with E-state index in [-0.39, 0.29) is 24.6 Å².